The Morgan fingerprint density at radius 3 is 2.68 bits per heavy atom. The Hall–Kier alpha value is -1.47. The lowest BCUT2D eigenvalue weighted by Gasteiger charge is -2.16. The van der Waals surface area contributed by atoms with Gasteiger partial charge in [-0.25, -0.2) is 4.79 Å². The first-order valence-electron chi connectivity index (χ1n) is 6.65. The van der Waals surface area contributed by atoms with Crippen molar-refractivity contribution >= 4 is 17.8 Å². The fraction of sp³-hybridized carbons (Fsp3) is 0.750. The second kappa shape index (κ2) is 6.12. The van der Waals surface area contributed by atoms with Gasteiger partial charge in [-0.15, -0.1) is 5.06 Å². The largest absolute Gasteiger partial charge is 0.336 e. The van der Waals surface area contributed by atoms with E-state index in [9.17, 15) is 14.4 Å². The summed E-state index contributed by atoms with van der Waals surface area (Å²) in [7, 11) is 0. The third-order valence-corrected chi connectivity index (χ3v) is 3.51. The SMILES string of the molecule is NCCNC1CC(=O)N(OC(=O)C2CCCC2)C1=O. The molecule has 1 saturated carbocycles. The van der Waals surface area contributed by atoms with E-state index in [1.807, 2.05) is 0 Å². The molecular weight excluding hydrogens is 250 g/mol. The van der Waals surface area contributed by atoms with E-state index in [2.05, 4.69) is 5.32 Å². The van der Waals surface area contributed by atoms with Crippen molar-refractivity contribution in [3.05, 3.63) is 0 Å². The van der Waals surface area contributed by atoms with Crippen LogP contribution in [-0.2, 0) is 19.2 Å². The van der Waals surface area contributed by atoms with Crippen LogP contribution in [-0.4, -0.2) is 42.0 Å². The lowest BCUT2D eigenvalue weighted by molar-refractivity contribution is -0.200. The minimum Gasteiger partial charge on any atom is -0.330 e. The maximum absolute atomic E-state index is 11.9. The van der Waals surface area contributed by atoms with Gasteiger partial charge in [-0.3, -0.25) is 9.59 Å². The van der Waals surface area contributed by atoms with E-state index in [4.69, 9.17) is 10.6 Å². The second-order valence-electron chi connectivity index (χ2n) is 4.92. The van der Waals surface area contributed by atoms with Gasteiger partial charge < -0.3 is 15.9 Å². The zero-order valence-electron chi connectivity index (χ0n) is 10.8. The number of hydroxylamine groups is 2. The number of nitrogens with zero attached hydrogens (tertiary/aromatic N) is 1. The highest BCUT2D eigenvalue weighted by Crippen LogP contribution is 2.26. The summed E-state index contributed by atoms with van der Waals surface area (Å²) >= 11 is 0. The number of hydrogen-bond acceptors (Lipinski definition) is 6. The Bertz CT molecular complexity index is 379. The minimum atomic E-state index is -0.632. The van der Waals surface area contributed by atoms with E-state index >= 15 is 0 Å². The van der Waals surface area contributed by atoms with Crippen LogP contribution in [0.4, 0.5) is 0 Å². The molecule has 3 N–H and O–H groups in total. The number of rotatable bonds is 5. The van der Waals surface area contributed by atoms with E-state index in [1.165, 1.54) is 0 Å². The predicted octanol–water partition coefficient (Wildman–Crippen LogP) is -0.689. The molecule has 0 bridgehead atoms. The van der Waals surface area contributed by atoms with Crippen LogP contribution in [0.15, 0.2) is 0 Å². The number of carbonyl (C=O) groups is 3. The molecule has 2 aliphatic rings. The van der Waals surface area contributed by atoms with Crippen molar-refractivity contribution in [1.29, 1.82) is 0 Å². The van der Waals surface area contributed by atoms with Gasteiger partial charge in [0.05, 0.1) is 18.4 Å². The summed E-state index contributed by atoms with van der Waals surface area (Å²) in [6, 6.07) is -0.632. The minimum absolute atomic E-state index is 0.0107. The molecule has 2 rings (SSSR count). The lowest BCUT2D eigenvalue weighted by Crippen LogP contribution is -2.41. The molecule has 0 spiro atoms. The van der Waals surface area contributed by atoms with Gasteiger partial charge in [0.2, 0.25) is 0 Å². The van der Waals surface area contributed by atoms with Crippen LogP contribution in [0.1, 0.15) is 32.1 Å². The summed E-state index contributed by atoms with van der Waals surface area (Å²) in [5.74, 6) is -1.65. The Morgan fingerprint density at radius 1 is 1.37 bits per heavy atom. The lowest BCUT2D eigenvalue weighted by atomic mass is 10.1. The molecule has 7 nitrogen and oxygen atoms in total. The first kappa shape index (κ1) is 14.0. The van der Waals surface area contributed by atoms with E-state index < -0.39 is 23.8 Å². The van der Waals surface area contributed by atoms with Gasteiger partial charge in [-0.05, 0) is 12.8 Å². The van der Waals surface area contributed by atoms with Gasteiger partial charge in [-0.2, -0.15) is 0 Å². The molecule has 106 valence electrons. The van der Waals surface area contributed by atoms with E-state index in [0.29, 0.717) is 18.2 Å². The van der Waals surface area contributed by atoms with Crippen molar-refractivity contribution < 1.29 is 19.2 Å². The zero-order valence-corrected chi connectivity index (χ0v) is 10.8. The molecular formula is C12H19N3O4. The first-order chi connectivity index (χ1) is 9.13. The molecule has 2 fully saturated rings. The zero-order chi connectivity index (χ0) is 13.8. The molecule has 1 unspecified atom stereocenters. The maximum atomic E-state index is 11.9. The Balaban J connectivity index is 1.90. The van der Waals surface area contributed by atoms with Crippen molar-refractivity contribution in [1.82, 2.24) is 10.4 Å². The van der Waals surface area contributed by atoms with Gasteiger partial charge >= 0.3 is 5.97 Å². The van der Waals surface area contributed by atoms with Crippen LogP contribution in [0.2, 0.25) is 0 Å². The van der Waals surface area contributed by atoms with Crippen LogP contribution < -0.4 is 11.1 Å². The third-order valence-electron chi connectivity index (χ3n) is 3.51. The number of carbonyl (C=O) groups excluding carboxylic acids is 3. The maximum Gasteiger partial charge on any atom is 0.336 e. The Morgan fingerprint density at radius 2 is 2.05 bits per heavy atom. The van der Waals surface area contributed by atoms with Gasteiger partial charge in [0.15, 0.2) is 0 Å². The molecule has 0 radical (unpaired) electrons. The fourth-order valence-electron chi connectivity index (χ4n) is 2.45. The Kier molecular flexibility index (Phi) is 4.49. The van der Waals surface area contributed by atoms with Gasteiger partial charge in [-0.1, -0.05) is 12.8 Å². The van der Waals surface area contributed by atoms with Gasteiger partial charge in [0.1, 0.15) is 0 Å². The average Bonchev–Trinajstić information content (AvgIpc) is 3.00. The van der Waals surface area contributed by atoms with Crippen LogP contribution in [0.5, 0.6) is 0 Å². The molecule has 0 aromatic heterocycles. The van der Waals surface area contributed by atoms with Gasteiger partial charge in [0.25, 0.3) is 11.8 Å². The fourth-order valence-corrected chi connectivity index (χ4v) is 2.45. The van der Waals surface area contributed by atoms with E-state index in [1.54, 1.807) is 0 Å². The average molecular weight is 269 g/mol. The number of nitrogens with one attached hydrogen (secondary N) is 1. The van der Waals surface area contributed by atoms with Crippen molar-refractivity contribution in [2.75, 3.05) is 13.1 Å². The van der Waals surface area contributed by atoms with Crippen LogP contribution in [0, 0.1) is 5.92 Å². The normalized spacial score (nSPS) is 24.3. The summed E-state index contributed by atoms with van der Waals surface area (Å²) in [4.78, 5) is 40.3. The molecule has 1 aliphatic carbocycles. The summed E-state index contributed by atoms with van der Waals surface area (Å²) in [5.41, 5.74) is 5.33. The molecule has 0 aromatic carbocycles. The monoisotopic (exact) mass is 269 g/mol. The van der Waals surface area contributed by atoms with Gasteiger partial charge in [0, 0.05) is 13.1 Å². The van der Waals surface area contributed by atoms with E-state index in [-0.39, 0.29) is 12.3 Å². The first-order valence-corrected chi connectivity index (χ1v) is 6.65. The quantitative estimate of drug-likeness (QED) is 0.641. The third kappa shape index (κ3) is 3.10. The smallest absolute Gasteiger partial charge is 0.330 e. The highest BCUT2D eigenvalue weighted by molar-refractivity contribution is 6.05. The standard InChI is InChI=1S/C12H19N3O4/c13-5-6-14-9-7-10(16)15(11(9)17)19-12(18)8-3-1-2-4-8/h8-9,14H,1-7,13H2. The number of nitrogens with two attached hydrogens (primary N) is 1. The summed E-state index contributed by atoms with van der Waals surface area (Å²) in [6.45, 7) is 0.813. The second-order valence-corrected chi connectivity index (χ2v) is 4.92. The molecule has 7 heteroatoms. The molecule has 1 aliphatic heterocycles. The highest BCUT2D eigenvalue weighted by Gasteiger charge is 2.42. The van der Waals surface area contributed by atoms with Crippen LogP contribution >= 0.6 is 0 Å². The molecule has 19 heavy (non-hydrogen) atoms. The van der Waals surface area contributed by atoms with Crippen LogP contribution in [0.25, 0.3) is 0 Å². The van der Waals surface area contributed by atoms with Crippen molar-refractivity contribution in [2.45, 2.75) is 38.1 Å². The summed E-state index contributed by atoms with van der Waals surface area (Å²) < 4.78 is 0. The topological polar surface area (TPSA) is 102 Å². The highest BCUT2D eigenvalue weighted by atomic mass is 16.7. The number of imide groups is 1. The van der Waals surface area contributed by atoms with E-state index in [0.717, 1.165) is 25.7 Å². The summed E-state index contributed by atoms with van der Waals surface area (Å²) in [6.07, 6.45) is 3.52. The van der Waals surface area contributed by atoms with Crippen molar-refractivity contribution in [2.24, 2.45) is 11.7 Å². The van der Waals surface area contributed by atoms with Crippen molar-refractivity contribution in [3.63, 3.8) is 0 Å². The Labute approximate surface area is 111 Å². The number of amides is 2. The number of hydrogen-bond donors (Lipinski definition) is 2. The molecule has 2 amide bonds. The molecule has 1 atom stereocenters. The molecule has 0 aromatic rings. The molecule has 1 saturated heterocycles. The van der Waals surface area contributed by atoms with Crippen molar-refractivity contribution in [3.8, 4) is 0 Å². The summed E-state index contributed by atoms with van der Waals surface area (Å²) in [5, 5.41) is 3.46. The molecule has 1 heterocycles. The predicted molar refractivity (Wildman–Crippen MR) is 65.4 cm³/mol. The van der Waals surface area contributed by atoms with Crippen LogP contribution in [0.3, 0.4) is 0 Å².